The van der Waals surface area contributed by atoms with E-state index in [2.05, 4.69) is 259 Å². The Morgan fingerprint density at radius 3 is 1.12 bits per heavy atom. The molecule has 6 aromatic heterocycles. The van der Waals surface area contributed by atoms with Crippen molar-refractivity contribution >= 4 is 110 Å². The van der Waals surface area contributed by atoms with Crippen LogP contribution >= 0.6 is 0 Å². The number of benzene rings is 12. The molecule has 1 aliphatic carbocycles. The minimum atomic E-state index is -1.10. The van der Waals surface area contributed by atoms with Gasteiger partial charge in [-0.3, -0.25) is 9.97 Å². The molecule has 21 rings (SSSR count). The van der Waals surface area contributed by atoms with Crippen molar-refractivity contribution in [2.24, 2.45) is 0 Å². The molecule has 1 atom stereocenters. The van der Waals surface area contributed by atoms with E-state index in [9.17, 15) is 10.5 Å². The lowest BCUT2D eigenvalue weighted by Crippen LogP contribution is -2.32. The second-order valence-corrected chi connectivity index (χ2v) is 25.4. The predicted molar refractivity (Wildman–Crippen MR) is 387 cm³/mol. The van der Waals surface area contributed by atoms with Crippen LogP contribution in [0.5, 0.6) is 23.0 Å². The summed E-state index contributed by atoms with van der Waals surface area (Å²) < 4.78 is 23.5. The zero-order valence-corrected chi connectivity index (χ0v) is 51.8. The van der Waals surface area contributed by atoms with E-state index in [1.165, 1.54) is 0 Å². The molecule has 12 aromatic carbocycles. The summed E-state index contributed by atoms with van der Waals surface area (Å²) in [5, 5.41) is 28.7. The number of rotatable bonds is 5. The summed E-state index contributed by atoms with van der Waals surface area (Å²) in [6.07, 6.45) is 3.99. The second kappa shape index (κ2) is 19.8. The second-order valence-electron chi connectivity index (χ2n) is 25.4. The van der Waals surface area contributed by atoms with Crippen LogP contribution < -0.4 is 14.4 Å². The average molecular weight is 1250 g/mol. The Morgan fingerprint density at radius 1 is 0.327 bits per heavy atom. The Hall–Kier alpha value is -14.0. The highest BCUT2D eigenvalue weighted by Crippen LogP contribution is 2.63. The summed E-state index contributed by atoms with van der Waals surface area (Å²) in [5.74, 6) is 2.39. The summed E-state index contributed by atoms with van der Waals surface area (Å²) in [7, 11) is 0. The fraction of sp³-hybridized carbons (Fsp3) is 0.0116. The lowest BCUT2D eigenvalue weighted by molar-refractivity contribution is 0.436. The maximum atomic E-state index is 9.99. The molecular formula is C86H46N10O2. The van der Waals surface area contributed by atoms with Gasteiger partial charge in [-0.05, 0) is 121 Å². The summed E-state index contributed by atoms with van der Waals surface area (Å²) in [4.78, 5) is 17.2. The number of ether oxygens (including phenoxy) is 2. The van der Waals surface area contributed by atoms with Crippen molar-refractivity contribution in [1.82, 2.24) is 28.2 Å². The van der Waals surface area contributed by atoms with E-state index < -0.39 is 5.41 Å². The molecule has 452 valence electrons. The normalized spacial score (nSPS) is 14.1. The molecule has 1 unspecified atom stereocenters. The predicted octanol–water partition coefficient (Wildman–Crippen LogP) is 21.2. The van der Waals surface area contributed by atoms with Crippen LogP contribution in [0.4, 0.5) is 22.7 Å². The highest BCUT2D eigenvalue weighted by Gasteiger charge is 2.53. The van der Waals surface area contributed by atoms with Crippen molar-refractivity contribution in [2.75, 3.05) is 4.90 Å². The van der Waals surface area contributed by atoms with Crippen LogP contribution in [0.25, 0.3) is 126 Å². The molecule has 98 heavy (non-hydrogen) atoms. The van der Waals surface area contributed by atoms with Crippen molar-refractivity contribution in [3.8, 4) is 69.3 Å². The molecule has 8 heterocycles. The fourth-order valence-electron chi connectivity index (χ4n) is 16.5. The first-order valence-electron chi connectivity index (χ1n) is 32.4. The van der Waals surface area contributed by atoms with Gasteiger partial charge in [0, 0.05) is 101 Å². The highest BCUT2D eigenvalue weighted by atomic mass is 16.5. The number of anilines is 3. The Balaban J connectivity index is 0.837. The molecule has 1 spiro atoms. The van der Waals surface area contributed by atoms with Crippen molar-refractivity contribution in [2.45, 2.75) is 5.41 Å². The maximum absolute atomic E-state index is 9.99. The summed E-state index contributed by atoms with van der Waals surface area (Å²) >= 11 is 0. The average Bonchev–Trinajstić information content (AvgIpc) is 1.46. The first-order chi connectivity index (χ1) is 48.4. The monoisotopic (exact) mass is 1250 g/mol. The minimum absolute atomic E-state index is 0.467. The van der Waals surface area contributed by atoms with Crippen LogP contribution in [0.3, 0.4) is 0 Å². The molecule has 3 aliphatic rings. The molecule has 0 N–H and O–H groups in total. The first-order valence-corrected chi connectivity index (χ1v) is 32.4. The number of hydrogen-bond donors (Lipinski definition) is 0. The van der Waals surface area contributed by atoms with Crippen molar-refractivity contribution in [1.29, 1.82) is 10.5 Å². The molecule has 2 aliphatic heterocycles. The smallest absolute Gasteiger partial charge is 0.188 e. The molecule has 0 radical (unpaired) electrons. The third-order valence-corrected chi connectivity index (χ3v) is 20.5. The lowest BCUT2D eigenvalue weighted by atomic mass is 9.66. The zero-order chi connectivity index (χ0) is 64.6. The van der Waals surface area contributed by atoms with Gasteiger partial charge in [0.25, 0.3) is 0 Å². The SMILES string of the molecule is [C-]#[N+]c1ccc2c(c1)c1ccccc1n2-c1cnc2c(c1)C1(c3ccc(-n4c5ccccc5c5ccccc54)cc3Oc3cc(-n4c5ccccc5c5cc(N6c7ccc(C#N)cc7Oc7cc(C#N)ccc76)ccc54)ccc31)c1cc(-n3c4ccccc4c4ccccc43)cnc1-2. The number of para-hydroxylation sites is 6. The number of hydrogen-bond acceptors (Lipinski definition) is 7. The van der Waals surface area contributed by atoms with E-state index in [4.69, 9.17) is 26.0 Å². The summed E-state index contributed by atoms with van der Waals surface area (Å²) in [5.41, 5.74) is 20.0. The van der Waals surface area contributed by atoms with Gasteiger partial charge in [0.15, 0.2) is 17.2 Å². The van der Waals surface area contributed by atoms with Crippen LogP contribution in [-0.2, 0) is 5.41 Å². The van der Waals surface area contributed by atoms with Gasteiger partial charge in [0.05, 0.1) is 126 Å². The van der Waals surface area contributed by atoms with Gasteiger partial charge in [-0.15, -0.1) is 0 Å². The van der Waals surface area contributed by atoms with E-state index in [0.717, 1.165) is 161 Å². The Kier molecular flexibility index (Phi) is 10.8. The first kappa shape index (κ1) is 53.5. The molecule has 0 fully saturated rings. The molecular weight excluding hydrogens is 1210 g/mol. The zero-order valence-electron chi connectivity index (χ0n) is 51.8. The van der Waals surface area contributed by atoms with Crippen molar-refractivity contribution < 1.29 is 9.47 Å². The van der Waals surface area contributed by atoms with Crippen molar-refractivity contribution in [3.63, 3.8) is 0 Å². The van der Waals surface area contributed by atoms with Crippen LogP contribution in [0.2, 0.25) is 0 Å². The van der Waals surface area contributed by atoms with Gasteiger partial charge >= 0.3 is 0 Å². The number of aromatic nitrogens is 6. The third kappa shape index (κ3) is 7.17. The van der Waals surface area contributed by atoms with Crippen LogP contribution in [-0.4, -0.2) is 28.2 Å². The standard InChI is InChI=1S/C86H46N10O2/c1-89-52-28-36-76-64(40-52)62-18-6-13-25-75(62)96(76)57-43-69-85(91-49-57)84-68(42-56(48-90-84)95-72-22-10-4-16-60(72)61-17-5-11-23-73(61)95)86(69)66-32-29-54(92-70-20-8-2-14-58(70)59-15-3-9-21-71(59)92)44-80(66)97-81-45-55(30-33-67(81)86)93-74-24-12-7-19-63(74)65-41-53(31-37-77(65)93)94-78-34-26-50(46-87)38-82(78)98-83-39-51(47-88)27-35-79(83)94/h2-45,48-49H. The minimum Gasteiger partial charge on any atom is -0.457 e. The molecule has 18 aromatic rings. The van der Waals surface area contributed by atoms with Gasteiger partial charge in [-0.2, -0.15) is 10.5 Å². The molecule has 0 saturated carbocycles. The Bertz CT molecular complexity index is 6610. The van der Waals surface area contributed by atoms with Crippen LogP contribution in [0.15, 0.2) is 279 Å². The number of nitriles is 2. The Morgan fingerprint density at radius 2 is 0.694 bits per heavy atom. The third-order valence-electron chi connectivity index (χ3n) is 20.5. The molecule has 12 heteroatoms. The fourth-order valence-corrected chi connectivity index (χ4v) is 16.5. The molecule has 12 nitrogen and oxygen atoms in total. The van der Waals surface area contributed by atoms with E-state index in [1.807, 2.05) is 36.7 Å². The van der Waals surface area contributed by atoms with Crippen LogP contribution in [0.1, 0.15) is 33.4 Å². The van der Waals surface area contributed by atoms with Gasteiger partial charge in [-0.1, -0.05) is 127 Å². The lowest BCUT2D eigenvalue weighted by Gasteiger charge is -2.39. The number of fused-ring (bicyclic) bond motifs is 23. The maximum Gasteiger partial charge on any atom is 0.188 e. The summed E-state index contributed by atoms with van der Waals surface area (Å²) in [6.45, 7) is 8.04. The van der Waals surface area contributed by atoms with E-state index >= 15 is 0 Å². The number of pyridine rings is 2. The van der Waals surface area contributed by atoms with Crippen molar-refractivity contribution in [3.05, 3.63) is 324 Å². The number of nitrogens with zero attached hydrogens (tertiary/aromatic N) is 10. The van der Waals surface area contributed by atoms with E-state index in [-0.39, 0.29) is 0 Å². The Labute approximate surface area is 558 Å². The topological polar surface area (TPSA) is 119 Å². The summed E-state index contributed by atoms with van der Waals surface area (Å²) in [6, 6.07) is 97.4. The van der Waals surface area contributed by atoms with Gasteiger partial charge in [-0.25, -0.2) is 4.85 Å². The van der Waals surface area contributed by atoms with Gasteiger partial charge < -0.3 is 32.6 Å². The van der Waals surface area contributed by atoms with Gasteiger partial charge in [0.1, 0.15) is 11.5 Å². The van der Waals surface area contributed by atoms with Gasteiger partial charge in [0.2, 0.25) is 0 Å². The highest BCUT2D eigenvalue weighted by molar-refractivity contribution is 6.14. The molecule has 0 bridgehead atoms. The quantitative estimate of drug-likeness (QED) is 0.157. The molecule has 0 saturated heterocycles. The molecule has 0 amide bonds. The van der Waals surface area contributed by atoms with E-state index in [1.54, 1.807) is 24.3 Å². The van der Waals surface area contributed by atoms with Crippen LogP contribution in [0, 0.1) is 29.2 Å². The van der Waals surface area contributed by atoms with E-state index in [0.29, 0.717) is 39.8 Å². The largest absolute Gasteiger partial charge is 0.457 e.